The van der Waals surface area contributed by atoms with E-state index in [1.807, 2.05) is 0 Å². The average Bonchev–Trinajstić information content (AvgIpc) is 2.03. The Morgan fingerprint density at radius 2 is 1.36 bits per heavy atom. The molecule has 0 heterocycles. The fourth-order valence-corrected chi connectivity index (χ4v) is 2.98. The molecule has 84 valence electrons. The van der Waals surface area contributed by atoms with Crippen molar-refractivity contribution in [2.24, 2.45) is 23.5 Å². The normalized spacial score (nSPS) is 42.0. The monoisotopic (exact) mass is 229 g/mol. The molecule has 0 aromatic rings. The quantitative estimate of drug-likeness (QED) is 0.679. The van der Waals surface area contributed by atoms with Crippen LogP contribution in [0.4, 0.5) is 13.2 Å². The molecule has 0 radical (unpaired) electrons. The van der Waals surface area contributed by atoms with Crippen LogP contribution in [-0.2, 0) is 0 Å². The van der Waals surface area contributed by atoms with E-state index in [2.05, 4.69) is 0 Å². The molecular formula is C9H15ClF3N. The number of alkyl halides is 3. The summed E-state index contributed by atoms with van der Waals surface area (Å²) in [6, 6.07) is -0.632. The van der Waals surface area contributed by atoms with Crippen LogP contribution in [0.25, 0.3) is 0 Å². The lowest BCUT2D eigenvalue weighted by Crippen LogP contribution is -2.54. The van der Waals surface area contributed by atoms with Crippen LogP contribution in [0.15, 0.2) is 0 Å². The van der Waals surface area contributed by atoms with Gasteiger partial charge in [0.05, 0.1) is 5.92 Å². The summed E-state index contributed by atoms with van der Waals surface area (Å²) in [6.45, 7) is 0. The molecular weight excluding hydrogens is 215 g/mol. The summed E-state index contributed by atoms with van der Waals surface area (Å²) in [7, 11) is 0. The van der Waals surface area contributed by atoms with Gasteiger partial charge in [-0.1, -0.05) is 0 Å². The van der Waals surface area contributed by atoms with Gasteiger partial charge < -0.3 is 5.73 Å². The third-order valence-electron chi connectivity index (χ3n) is 3.66. The standard InChI is InChI=1S/C9H14F3N.ClH/c10-9(11,12)7-5-1-3-6(4-2-5)8(7)13;/h5-8H,1-4,13H2;1H/t5?,6?,7-,8-;/m0./s1. The van der Waals surface area contributed by atoms with Crippen molar-refractivity contribution in [1.82, 2.24) is 0 Å². The van der Waals surface area contributed by atoms with Crippen LogP contribution in [0, 0.1) is 17.8 Å². The van der Waals surface area contributed by atoms with Crippen LogP contribution in [0.2, 0.25) is 0 Å². The smallest absolute Gasteiger partial charge is 0.327 e. The van der Waals surface area contributed by atoms with Crippen LogP contribution in [0.5, 0.6) is 0 Å². The second-order valence-electron chi connectivity index (χ2n) is 4.32. The summed E-state index contributed by atoms with van der Waals surface area (Å²) in [5.41, 5.74) is 5.63. The molecule has 0 amide bonds. The summed E-state index contributed by atoms with van der Waals surface area (Å²) < 4.78 is 37.7. The first-order valence-electron chi connectivity index (χ1n) is 4.82. The van der Waals surface area contributed by atoms with Gasteiger partial charge in [0, 0.05) is 6.04 Å². The van der Waals surface area contributed by atoms with Gasteiger partial charge in [0.25, 0.3) is 0 Å². The lowest BCUT2D eigenvalue weighted by atomic mass is 9.62. The van der Waals surface area contributed by atoms with Gasteiger partial charge in [0.15, 0.2) is 0 Å². The summed E-state index contributed by atoms with van der Waals surface area (Å²) in [6.07, 6.45) is -0.828. The highest BCUT2D eigenvalue weighted by molar-refractivity contribution is 5.85. The summed E-state index contributed by atoms with van der Waals surface area (Å²) in [5, 5.41) is 0. The molecule has 0 aliphatic heterocycles. The summed E-state index contributed by atoms with van der Waals surface area (Å²) in [4.78, 5) is 0. The number of hydrogen-bond acceptors (Lipinski definition) is 1. The second kappa shape index (κ2) is 3.89. The van der Waals surface area contributed by atoms with Crippen molar-refractivity contribution in [3.8, 4) is 0 Å². The minimum absolute atomic E-state index is 0. The van der Waals surface area contributed by atoms with Crippen LogP contribution >= 0.6 is 12.4 Å². The summed E-state index contributed by atoms with van der Waals surface area (Å²) >= 11 is 0. The predicted molar refractivity (Wildman–Crippen MR) is 50.2 cm³/mol. The molecule has 0 aromatic carbocycles. The molecule has 0 unspecified atom stereocenters. The SMILES string of the molecule is Cl.N[C@H]1C2CCC(CC2)[C@@H]1C(F)(F)F. The fraction of sp³-hybridized carbons (Fsp3) is 1.00. The molecule has 2 bridgehead atoms. The van der Waals surface area contributed by atoms with Crippen LogP contribution < -0.4 is 5.73 Å². The zero-order chi connectivity index (χ0) is 9.64. The Morgan fingerprint density at radius 1 is 0.929 bits per heavy atom. The van der Waals surface area contributed by atoms with Gasteiger partial charge in [-0.05, 0) is 37.5 Å². The Labute approximate surface area is 87.6 Å². The zero-order valence-electron chi connectivity index (χ0n) is 7.76. The van der Waals surface area contributed by atoms with Crippen LogP contribution in [0.3, 0.4) is 0 Å². The largest absolute Gasteiger partial charge is 0.393 e. The minimum atomic E-state index is -4.08. The Balaban J connectivity index is 0.000000980. The summed E-state index contributed by atoms with van der Waals surface area (Å²) in [5.74, 6) is -1.29. The molecule has 0 aromatic heterocycles. The molecule has 14 heavy (non-hydrogen) atoms. The van der Waals surface area contributed by atoms with Gasteiger partial charge >= 0.3 is 6.18 Å². The maximum Gasteiger partial charge on any atom is 0.393 e. The van der Waals surface area contributed by atoms with E-state index >= 15 is 0 Å². The number of hydrogen-bond donors (Lipinski definition) is 1. The van der Waals surface area contributed by atoms with E-state index in [0.717, 1.165) is 25.7 Å². The van der Waals surface area contributed by atoms with Gasteiger partial charge in [0.1, 0.15) is 0 Å². The highest BCUT2D eigenvalue weighted by Crippen LogP contribution is 2.50. The van der Waals surface area contributed by atoms with E-state index in [4.69, 9.17) is 5.73 Å². The second-order valence-corrected chi connectivity index (χ2v) is 4.32. The van der Waals surface area contributed by atoms with E-state index in [0.29, 0.717) is 0 Å². The van der Waals surface area contributed by atoms with Crippen molar-refractivity contribution < 1.29 is 13.2 Å². The van der Waals surface area contributed by atoms with E-state index in [9.17, 15) is 13.2 Å². The van der Waals surface area contributed by atoms with Gasteiger partial charge in [-0.25, -0.2) is 0 Å². The highest BCUT2D eigenvalue weighted by atomic mass is 35.5. The molecule has 1 nitrogen and oxygen atoms in total. The molecule has 3 aliphatic carbocycles. The van der Waals surface area contributed by atoms with Crippen molar-refractivity contribution in [3.63, 3.8) is 0 Å². The van der Waals surface area contributed by atoms with Gasteiger partial charge in [-0.3, -0.25) is 0 Å². The molecule has 5 heteroatoms. The van der Waals surface area contributed by atoms with Crippen LogP contribution in [-0.4, -0.2) is 12.2 Å². The molecule has 0 spiro atoms. The van der Waals surface area contributed by atoms with Gasteiger partial charge in [-0.2, -0.15) is 13.2 Å². The van der Waals surface area contributed by atoms with Gasteiger partial charge in [-0.15, -0.1) is 12.4 Å². The Hall–Kier alpha value is 0.0400. The van der Waals surface area contributed by atoms with E-state index < -0.39 is 18.1 Å². The molecule has 3 saturated carbocycles. The van der Waals surface area contributed by atoms with Crippen molar-refractivity contribution in [2.45, 2.75) is 37.9 Å². The lowest BCUT2D eigenvalue weighted by molar-refractivity contribution is -0.215. The maximum absolute atomic E-state index is 12.6. The Kier molecular flexibility index (Phi) is 3.37. The zero-order valence-corrected chi connectivity index (χ0v) is 8.57. The molecule has 3 rings (SSSR count). The average molecular weight is 230 g/mol. The fourth-order valence-electron chi connectivity index (χ4n) is 2.98. The maximum atomic E-state index is 12.6. The van der Waals surface area contributed by atoms with Crippen molar-refractivity contribution in [1.29, 1.82) is 0 Å². The third kappa shape index (κ3) is 1.87. The number of rotatable bonds is 0. The molecule has 2 atom stereocenters. The Bertz CT molecular complexity index is 197. The minimum Gasteiger partial charge on any atom is -0.327 e. The first-order chi connectivity index (χ1) is 6.00. The van der Waals surface area contributed by atoms with Gasteiger partial charge in [0.2, 0.25) is 0 Å². The highest BCUT2D eigenvalue weighted by Gasteiger charge is 2.54. The van der Waals surface area contributed by atoms with Crippen LogP contribution in [0.1, 0.15) is 25.7 Å². The van der Waals surface area contributed by atoms with Crippen molar-refractivity contribution >= 4 is 12.4 Å². The number of fused-ring (bicyclic) bond motifs is 3. The first kappa shape index (κ1) is 12.1. The molecule has 2 N–H and O–H groups in total. The lowest BCUT2D eigenvalue weighted by Gasteiger charge is -2.47. The predicted octanol–water partition coefficient (Wildman–Crippen LogP) is 2.73. The Morgan fingerprint density at radius 3 is 1.64 bits per heavy atom. The molecule has 3 aliphatic rings. The van der Waals surface area contributed by atoms with Crippen molar-refractivity contribution in [3.05, 3.63) is 0 Å². The van der Waals surface area contributed by atoms with E-state index in [1.165, 1.54) is 0 Å². The van der Waals surface area contributed by atoms with Crippen molar-refractivity contribution in [2.75, 3.05) is 0 Å². The van der Waals surface area contributed by atoms with E-state index in [-0.39, 0.29) is 24.2 Å². The molecule has 0 saturated heterocycles. The molecule has 3 fully saturated rings. The third-order valence-corrected chi connectivity index (χ3v) is 3.66. The van der Waals surface area contributed by atoms with E-state index in [1.54, 1.807) is 0 Å². The number of halogens is 4. The number of nitrogens with two attached hydrogens (primary N) is 1. The first-order valence-corrected chi connectivity index (χ1v) is 4.82. The topological polar surface area (TPSA) is 26.0 Å².